The summed E-state index contributed by atoms with van der Waals surface area (Å²) in [6.45, 7) is 19.7. The van der Waals surface area contributed by atoms with Gasteiger partial charge in [0.25, 0.3) is 0 Å². The molecule has 0 aromatic carbocycles. The van der Waals surface area contributed by atoms with Crippen LogP contribution in [0.25, 0.3) is 0 Å². The van der Waals surface area contributed by atoms with Crippen LogP contribution in [0.3, 0.4) is 0 Å². The Hall–Kier alpha value is -0.520. The van der Waals surface area contributed by atoms with Gasteiger partial charge >= 0.3 is 43.7 Å². The molecule has 0 unspecified atom stereocenters. The van der Waals surface area contributed by atoms with Crippen molar-refractivity contribution in [1.29, 1.82) is 0 Å². The molecule has 0 saturated carbocycles. The molecule has 51 heavy (non-hydrogen) atoms. The van der Waals surface area contributed by atoms with Gasteiger partial charge in [-0.25, -0.2) is 0 Å². The van der Waals surface area contributed by atoms with Crippen LogP contribution in [-0.2, 0) is 19.1 Å². The molecule has 5 N–H and O–H groups in total. The maximum absolute atomic E-state index is 12.8. The van der Waals surface area contributed by atoms with Crippen LogP contribution in [0, 0.1) is 41.4 Å². The molecule has 290 valence electrons. The minimum Gasteiger partial charge on any atom is -0.512 e. The molecule has 0 amide bonds. The number of hydrogen-bond donors (Lipinski definition) is 5. The van der Waals surface area contributed by atoms with Gasteiger partial charge in [-0.3, -0.25) is 9.59 Å². The normalized spacial score (nSPS) is 30.1. The first kappa shape index (κ1) is 48.5. The van der Waals surface area contributed by atoms with Crippen molar-refractivity contribution in [3.8, 4) is 0 Å². The van der Waals surface area contributed by atoms with Crippen LogP contribution in [0.2, 0.25) is 0 Å². The Balaban J connectivity index is 0.0000130. The number of aliphatic carboxylic acids is 1. The number of carboxylic acid groups (broad SMARTS) is 1. The second kappa shape index (κ2) is 22.1. The van der Waals surface area contributed by atoms with E-state index in [1.807, 2.05) is 40.7 Å². The molecule has 0 spiro atoms. The number of ether oxygens (including phenoxy) is 2. The third-order valence-electron chi connectivity index (χ3n) is 11.9. The van der Waals surface area contributed by atoms with E-state index in [2.05, 4.69) is 33.8 Å². The Bertz CT molecular complexity index is 1130. The van der Waals surface area contributed by atoms with Crippen molar-refractivity contribution in [3.63, 3.8) is 0 Å². The van der Waals surface area contributed by atoms with E-state index in [-0.39, 0.29) is 109 Å². The molecule has 0 aromatic heterocycles. The van der Waals surface area contributed by atoms with Gasteiger partial charge < -0.3 is 35.0 Å². The summed E-state index contributed by atoms with van der Waals surface area (Å²) in [7, 11) is 0. The summed E-state index contributed by atoms with van der Waals surface area (Å²) in [5.74, 6) is -0.810. The molecule has 0 radical (unpaired) electrons. The van der Waals surface area contributed by atoms with E-state index in [1.165, 1.54) is 6.08 Å². The van der Waals surface area contributed by atoms with Gasteiger partial charge in [0, 0.05) is 36.2 Å². The number of carbonyl (C=O) groups excluding carboxylic acids is 1. The van der Waals surface area contributed by atoms with E-state index in [0.29, 0.717) is 25.7 Å². The molecule has 2 fully saturated rings. The summed E-state index contributed by atoms with van der Waals surface area (Å²) in [5, 5.41) is 51.9. The molecule has 2 heterocycles. The number of aliphatic hydroxyl groups excluding tert-OH is 4. The van der Waals surface area contributed by atoms with Crippen LogP contribution < -0.4 is 0 Å². The van der Waals surface area contributed by atoms with E-state index in [0.717, 1.165) is 38.5 Å². The van der Waals surface area contributed by atoms with Gasteiger partial charge in [0.1, 0.15) is 0 Å². The quantitative estimate of drug-likeness (QED) is 0.0330. The van der Waals surface area contributed by atoms with Crippen molar-refractivity contribution in [2.75, 3.05) is 0 Å². The van der Waals surface area contributed by atoms with Crippen LogP contribution in [0.5, 0.6) is 0 Å². The molecular formula is C41H72CaO9+2. The first-order chi connectivity index (χ1) is 23.2. The van der Waals surface area contributed by atoms with Crippen molar-refractivity contribution in [2.45, 2.75) is 182 Å². The molecular weight excluding hydrogens is 677 g/mol. The van der Waals surface area contributed by atoms with Crippen LogP contribution >= 0.6 is 0 Å². The second-order valence-electron chi connectivity index (χ2n) is 17.1. The van der Waals surface area contributed by atoms with Gasteiger partial charge in [-0.05, 0) is 103 Å². The fourth-order valence-corrected chi connectivity index (χ4v) is 8.02. The summed E-state index contributed by atoms with van der Waals surface area (Å²) in [5.41, 5.74) is -1.01. The van der Waals surface area contributed by atoms with E-state index in [1.54, 1.807) is 6.92 Å². The smallest absolute Gasteiger partial charge is 0.512 e. The van der Waals surface area contributed by atoms with Gasteiger partial charge in [-0.1, -0.05) is 60.6 Å². The van der Waals surface area contributed by atoms with Crippen LogP contribution in [0.15, 0.2) is 24.0 Å². The number of rotatable bonds is 22. The monoisotopic (exact) mass is 748 g/mol. The third-order valence-corrected chi connectivity index (χ3v) is 11.9. The first-order valence-electron chi connectivity index (χ1n) is 19.4. The van der Waals surface area contributed by atoms with Gasteiger partial charge in [-0.2, -0.15) is 0 Å². The molecule has 14 atom stereocenters. The number of allylic oxidation sites excluding steroid dienone is 3. The Morgan fingerprint density at radius 1 is 0.824 bits per heavy atom. The molecule has 2 aliphatic rings. The largest absolute Gasteiger partial charge is 2.00 e. The Kier molecular flexibility index (Phi) is 21.1. The molecule has 2 saturated heterocycles. The first-order valence-corrected chi connectivity index (χ1v) is 19.4. The van der Waals surface area contributed by atoms with Gasteiger partial charge in [-0.15, -0.1) is 0 Å². The van der Waals surface area contributed by atoms with Crippen molar-refractivity contribution in [2.24, 2.45) is 41.4 Å². The average Bonchev–Trinajstić information content (AvgIpc) is 3.63. The maximum Gasteiger partial charge on any atom is 2.00 e. The minimum absolute atomic E-state index is 0. The van der Waals surface area contributed by atoms with E-state index in [9.17, 15) is 30.0 Å². The standard InChI is InChI=1S/C41H72O9.Ca/c1-25(21-29(5)34(43)24-35(44)30(6)22-27(3)20-26(2)14-15-38(46)47)12-11-13-28(4)39(48)31(7)36(45)23-33-16-18-41(10,49-33)37-17-19-40(9,50-37)32(8)42;/h11,13,24-33,36-37,39,42-43,45,48H,12,14-23H2,1-10H3,(H,46,47);/q;+2/b13-11+,34-24-;/t25-,26-,27+,28-,29-,30+,31+,32+,33-,36+,37+,39-,40-,41-;/m1./s1. The van der Waals surface area contributed by atoms with Gasteiger partial charge in [0.2, 0.25) is 0 Å². The maximum atomic E-state index is 12.8. The van der Waals surface area contributed by atoms with E-state index in [4.69, 9.17) is 14.6 Å². The number of ketones is 1. The fourth-order valence-electron chi connectivity index (χ4n) is 8.02. The summed E-state index contributed by atoms with van der Waals surface area (Å²) in [6, 6.07) is 0. The van der Waals surface area contributed by atoms with Crippen molar-refractivity contribution in [3.05, 3.63) is 24.0 Å². The number of aliphatic hydroxyl groups is 4. The predicted octanol–water partition coefficient (Wildman–Crippen LogP) is 7.42. The van der Waals surface area contributed by atoms with E-state index >= 15 is 0 Å². The zero-order valence-electron chi connectivity index (χ0n) is 33.5. The molecule has 0 aliphatic carbocycles. The van der Waals surface area contributed by atoms with Gasteiger partial charge in [0.15, 0.2) is 5.78 Å². The molecule has 9 nitrogen and oxygen atoms in total. The van der Waals surface area contributed by atoms with Crippen LogP contribution in [-0.4, -0.2) is 117 Å². The molecule has 10 heteroatoms. The summed E-state index contributed by atoms with van der Waals surface area (Å²) in [4.78, 5) is 23.7. The molecule has 2 aliphatic heterocycles. The summed E-state index contributed by atoms with van der Waals surface area (Å²) >= 11 is 0. The average molecular weight is 749 g/mol. The SMILES string of the molecule is C[C@H](CCC(=O)O)C[C@H](C)C[C@H](C)C(=O)/C=C(\O)[C@H](C)C[C@H](C)C/C=C/[C@@H](C)[C@@H](O)[C@@H](C)[C@@H](O)C[C@H]1CC[C@](C)([C@@H]2CC[C@](C)([C@H](C)O)O2)O1.[Ca+2]. The van der Waals surface area contributed by atoms with Crippen molar-refractivity contribution < 1.29 is 44.6 Å². The van der Waals surface area contributed by atoms with E-state index < -0.39 is 35.5 Å². The minimum atomic E-state index is -0.781. The topological polar surface area (TPSA) is 154 Å². The second-order valence-corrected chi connectivity index (χ2v) is 17.1. The molecule has 0 aromatic rings. The number of hydrogen-bond acceptors (Lipinski definition) is 8. The van der Waals surface area contributed by atoms with Crippen LogP contribution in [0.1, 0.15) is 140 Å². The molecule has 2 rings (SSSR count). The Labute approximate surface area is 339 Å². The summed E-state index contributed by atoms with van der Waals surface area (Å²) < 4.78 is 12.7. The predicted molar refractivity (Wildman–Crippen MR) is 203 cm³/mol. The number of carbonyl (C=O) groups is 2. The van der Waals surface area contributed by atoms with Gasteiger partial charge in [0.05, 0.1) is 47.5 Å². The summed E-state index contributed by atoms with van der Waals surface area (Å²) in [6.07, 6.45) is 10.8. The number of carboxylic acids is 1. The molecule has 0 bridgehead atoms. The zero-order chi connectivity index (χ0) is 38.0. The Morgan fingerprint density at radius 2 is 1.45 bits per heavy atom. The van der Waals surface area contributed by atoms with Crippen molar-refractivity contribution in [1.82, 2.24) is 0 Å². The fraction of sp³-hybridized carbons (Fsp3) is 0.854. The zero-order valence-corrected chi connectivity index (χ0v) is 35.7. The van der Waals surface area contributed by atoms with Crippen molar-refractivity contribution >= 4 is 49.5 Å². The van der Waals surface area contributed by atoms with Crippen LogP contribution in [0.4, 0.5) is 0 Å². The Morgan fingerprint density at radius 3 is 2.04 bits per heavy atom. The third kappa shape index (κ3) is 15.6.